The molecule has 2 atom stereocenters. The summed E-state index contributed by atoms with van der Waals surface area (Å²) in [6.45, 7) is 0.770. The SMILES string of the molecule is COc1ccc(N2C(=O)NC(=O)C3C2=NC(=O)C3(NC(C)=O)C(F)(F)F)cc1. The lowest BCUT2D eigenvalue weighted by atomic mass is 9.81. The van der Waals surface area contributed by atoms with Gasteiger partial charge in [0.2, 0.25) is 17.4 Å². The van der Waals surface area contributed by atoms with Crippen LogP contribution in [-0.4, -0.2) is 48.4 Å². The minimum atomic E-state index is -5.35. The number of nitrogens with zero attached hydrogens (tertiary/aromatic N) is 2. The number of amides is 5. The van der Waals surface area contributed by atoms with Gasteiger partial charge in [0.25, 0.3) is 5.91 Å². The molecule has 0 spiro atoms. The van der Waals surface area contributed by atoms with Gasteiger partial charge in [0.15, 0.2) is 0 Å². The van der Waals surface area contributed by atoms with E-state index >= 15 is 0 Å². The molecule has 0 aliphatic carbocycles. The molecule has 0 aromatic heterocycles. The molecule has 0 radical (unpaired) electrons. The predicted octanol–water partition coefficient (Wildman–Crippen LogP) is 0.743. The number of imide groups is 1. The van der Waals surface area contributed by atoms with Crippen LogP contribution in [0, 0.1) is 5.92 Å². The normalized spacial score (nSPS) is 24.5. The first kappa shape index (κ1) is 19.3. The Morgan fingerprint density at radius 1 is 1.25 bits per heavy atom. The van der Waals surface area contributed by atoms with E-state index in [9.17, 15) is 32.3 Å². The van der Waals surface area contributed by atoms with Crippen LogP contribution in [0.5, 0.6) is 5.75 Å². The van der Waals surface area contributed by atoms with Crippen LogP contribution in [0.3, 0.4) is 0 Å². The van der Waals surface area contributed by atoms with Gasteiger partial charge in [-0.1, -0.05) is 0 Å². The van der Waals surface area contributed by atoms with E-state index in [0.717, 1.165) is 6.92 Å². The molecule has 2 unspecified atom stereocenters. The third kappa shape index (κ3) is 2.68. The number of aliphatic imine (C=N–C) groups is 1. The molecule has 2 aliphatic rings. The second kappa shape index (κ2) is 6.32. The number of methoxy groups -OCH3 is 1. The molecule has 1 aromatic carbocycles. The second-order valence-electron chi connectivity index (χ2n) is 6.02. The molecule has 2 heterocycles. The molecule has 0 saturated carbocycles. The van der Waals surface area contributed by atoms with Crippen LogP contribution in [0.4, 0.5) is 23.7 Å². The van der Waals surface area contributed by atoms with Gasteiger partial charge < -0.3 is 10.1 Å². The number of nitrogens with one attached hydrogen (secondary N) is 2. The average Bonchev–Trinajstić information content (AvgIpc) is 2.88. The van der Waals surface area contributed by atoms with Crippen LogP contribution < -0.4 is 20.3 Å². The maximum atomic E-state index is 13.9. The van der Waals surface area contributed by atoms with Crippen LogP contribution in [0.15, 0.2) is 29.3 Å². The predicted molar refractivity (Wildman–Crippen MR) is 87.5 cm³/mol. The van der Waals surface area contributed by atoms with Crippen molar-refractivity contribution in [1.82, 2.24) is 10.6 Å². The summed E-state index contributed by atoms with van der Waals surface area (Å²) >= 11 is 0. The van der Waals surface area contributed by atoms with Crippen LogP contribution in [0.25, 0.3) is 0 Å². The summed E-state index contributed by atoms with van der Waals surface area (Å²) in [4.78, 5) is 52.3. The van der Waals surface area contributed by atoms with E-state index in [2.05, 4.69) is 4.99 Å². The topological polar surface area (TPSA) is 117 Å². The summed E-state index contributed by atoms with van der Waals surface area (Å²) in [5, 5.41) is 3.31. The number of carbonyl (C=O) groups excluding carboxylic acids is 4. The molecule has 1 aromatic rings. The lowest BCUT2D eigenvalue weighted by Gasteiger charge is -2.38. The number of urea groups is 1. The van der Waals surface area contributed by atoms with Crippen molar-refractivity contribution in [1.29, 1.82) is 0 Å². The molecular weight excluding hydrogens is 385 g/mol. The van der Waals surface area contributed by atoms with E-state index in [1.165, 1.54) is 36.7 Å². The Balaban J connectivity index is 2.15. The van der Waals surface area contributed by atoms with E-state index in [0.29, 0.717) is 10.6 Å². The summed E-state index contributed by atoms with van der Waals surface area (Å²) < 4.78 is 46.6. The summed E-state index contributed by atoms with van der Waals surface area (Å²) in [5.74, 6) is -6.98. The van der Waals surface area contributed by atoms with Crippen molar-refractivity contribution in [3.05, 3.63) is 24.3 Å². The van der Waals surface area contributed by atoms with Gasteiger partial charge >= 0.3 is 12.2 Å². The van der Waals surface area contributed by atoms with Crippen LogP contribution in [0.2, 0.25) is 0 Å². The largest absolute Gasteiger partial charge is 0.497 e. The zero-order chi connectivity index (χ0) is 20.9. The summed E-state index contributed by atoms with van der Waals surface area (Å²) in [6, 6.07) is 4.44. The van der Waals surface area contributed by atoms with Gasteiger partial charge in [-0.05, 0) is 24.3 Å². The molecule has 9 nitrogen and oxygen atoms in total. The van der Waals surface area contributed by atoms with E-state index in [4.69, 9.17) is 4.74 Å². The highest BCUT2D eigenvalue weighted by atomic mass is 19.4. The molecule has 148 valence electrons. The van der Waals surface area contributed by atoms with Crippen LogP contribution in [-0.2, 0) is 14.4 Å². The highest BCUT2D eigenvalue weighted by Crippen LogP contribution is 2.44. The van der Waals surface area contributed by atoms with Gasteiger partial charge in [-0.25, -0.2) is 9.69 Å². The molecule has 2 N–H and O–H groups in total. The first-order valence-electron chi connectivity index (χ1n) is 7.80. The maximum Gasteiger partial charge on any atom is 0.422 e. The quantitative estimate of drug-likeness (QED) is 0.779. The standard InChI is InChI=1S/C16H13F3N4O5/c1-7(24)22-15(16(17,18)19)10-11(20-13(15)26)23(14(27)21-12(10)25)8-3-5-9(28-2)6-4-8/h3-6,10H,1-2H3,(H,22,24)(H,21,25,27). The number of rotatable bonds is 3. The Bertz CT molecular complexity index is 912. The Morgan fingerprint density at radius 3 is 2.36 bits per heavy atom. The van der Waals surface area contributed by atoms with Crippen molar-refractivity contribution in [3.63, 3.8) is 0 Å². The summed E-state index contributed by atoms with van der Waals surface area (Å²) in [7, 11) is 1.39. The van der Waals surface area contributed by atoms with Gasteiger partial charge in [-0.3, -0.25) is 19.7 Å². The van der Waals surface area contributed by atoms with Gasteiger partial charge in [0.05, 0.1) is 12.8 Å². The van der Waals surface area contributed by atoms with Crippen molar-refractivity contribution in [2.45, 2.75) is 18.6 Å². The van der Waals surface area contributed by atoms with E-state index in [1.807, 2.05) is 0 Å². The number of carbonyl (C=O) groups is 4. The summed E-state index contributed by atoms with van der Waals surface area (Å²) in [6.07, 6.45) is -5.35. The fourth-order valence-electron chi connectivity index (χ4n) is 3.14. The lowest BCUT2D eigenvalue weighted by Crippen LogP contribution is -2.72. The van der Waals surface area contributed by atoms with Crippen molar-refractivity contribution in [2.24, 2.45) is 10.9 Å². The van der Waals surface area contributed by atoms with Crippen molar-refractivity contribution in [3.8, 4) is 5.75 Å². The fraction of sp³-hybridized carbons (Fsp3) is 0.312. The fourth-order valence-corrected chi connectivity index (χ4v) is 3.14. The number of halogens is 3. The monoisotopic (exact) mass is 398 g/mol. The van der Waals surface area contributed by atoms with Gasteiger partial charge in [0.1, 0.15) is 17.5 Å². The maximum absolute atomic E-state index is 13.9. The molecule has 12 heteroatoms. The van der Waals surface area contributed by atoms with Crippen LogP contribution in [0.1, 0.15) is 6.92 Å². The Morgan fingerprint density at radius 2 is 1.86 bits per heavy atom. The molecule has 1 fully saturated rings. The van der Waals surface area contributed by atoms with Crippen LogP contribution >= 0.6 is 0 Å². The highest BCUT2D eigenvalue weighted by Gasteiger charge is 2.73. The molecule has 1 saturated heterocycles. The number of hydrogen-bond acceptors (Lipinski definition) is 5. The first-order valence-corrected chi connectivity index (χ1v) is 7.80. The number of alkyl halides is 3. The molecule has 28 heavy (non-hydrogen) atoms. The minimum absolute atomic E-state index is 0.0446. The molecule has 5 amide bonds. The van der Waals surface area contributed by atoms with E-state index in [-0.39, 0.29) is 5.69 Å². The first-order chi connectivity index (χ1) is 13.0. The number of fused-ring (bicyclic) bond motifs is 1. The Labute approximate surface area is 155 Å². The third-order valence-electron chi connectivity index (χ3n) is 4.32. The number of anilines is 1. The lowest BCUT2D eigenvalue weighted by molar-refractivity contribution is -0.205. The van der Waals surface area contributed by atoms with Crippen molar-refractivity contribution >= 4 is 35.3 Å². The second-order valence-corrected chi connectivity index (χ2v) is 6.02. The minimum Gasteiger partial charge on any atom is -0.497 e. The molecular formula is C16H13F3N4O5. The number of benzene rings is 1. The van der Waals surface area contributed by atoms with Crippen molar-refractivity contribution in [2.75, 3.05) is 12.0 Å². The zero-order valence-corrected chi connectivity index (χ0v) is 14.5. The van der Waals surface area contributed by atoms with Crippen molar-refractivity contribution < 1.29 is 37.1 Å². The zero-order valence-electron chi connectivity index (χ0n) is 14.5. The Hall–Kier alpha value is -3.44. The van der Waals surface area contributed by atoms with E-state index < -0.39 is 47.2 Å². The number of amidine groups is 1. The molecule has 3 rings (SSSR count). The van der Waals surface area contributed by atoms with Gasteiger partial charge in [-0.15, -0.1) is 0 Å². The number of hydrogen-bond donors (Lipinski definition) is 2. The Kier molecular flexibility index (Phi) is 4.36. The third-order valence-corrected chi connectivity index (χ3v) is 4.32. The average molecular weight is 398 g/mol. The van der Waals surface area contributed by atoms with Gasteiger partial charge in [-0.2, -0.15) is 18.2 Å². The molecule has 2 aliphatic heterocycles. The highest BCUT2D eigenvalue weighted by molar-refractivity contribution is 6.35. The van der Waals surface area contributed by atoms with Gasteiger partial charge in [0, 0.05) is 6.92 Å². The number of ether oxygens (including phenoxy) is 1. The van der Waals surface area contributed by atoms with E-state index in [1.54, 1.807) is 5.32 Å². The summed E-state index contributed by atoms with van der Waals surface area (Å²) in [5.41, 5.74) is -3.56. The smallest absolute Gasteiger partial charge is 0.422 e. The molecule has 0 bridgehead atoms.